The number of hydrogen-bond acceptors (Lipinski definition) is 3. The highest BCUT2D eigenvalue weighted by Gasteiger charge is 2.13. The van der Waals surface area contributed by atoms with Crippen LogP contribution in [0.2, 0.25) is 0 Å². The molecule has 1 aromatic heterocycles. The van der Waals surface area contributed by atoms with Gasteiger partial charge in [-0.05, 0) is 23.3 Å². The van der Waals surface area contributed by atoms with Gasteiger partial charge in [0.1, 0.15) is 18.2 Å². The van der Waals surface area contributed by atoms with E-state index in [0.29, 0.717) is 12.1 Å². The van der Waals surface area contributed by atoms with Gasteiger partial charge in [0.15, 0.2) is 0 Å². The molecule has 114 valence electrons. The SMILES string of the molecule is CC[C@H](CO)[NH2+]Cc1cc(=O)oc2ccc3ccccc3c12. The van der Waals surface area contributed by atoms with Crippen LogP contribution >= 0.6 is 0 Å². The Labute approximate surface area is 128 Å². The second-order valence-corrected chi connectivity index (χ2v) is 5.54. The van der Waals surface area contributed by atoms with Crippen LogP contribution in [0, 0.1) is 0 Å². The first-order chi connectivity index (χ1) is 10.7. The Bertz CT molecular complexity index is 850. The highest BCUT2D eigenvalue weighted by Crippen LogP contribution is 2.26. The molecule has 4 nitrogen and oxygen atoms in total. The summed E-state index contributed by atoms with van der Waals surface area (Å²) in [5, 5.41) is 14.6. The third-order valence-electron chi connectivity index (χ3n) is 4.14. The summed E-state index contributed by atoms with van der Waals surface area (Å²) in [5.74, 6) is 0. The second-order valence-electron chi connectivity index (χ2n) is 5.54. The Kier molecular flexibility index (Phi) is 4.22. The number of fused-ring (bicyclic) bond motifs is 3. The van der Waals surface area contributed by atoms with Crippen molar-refractivity contribution in [2.24, 2.45) is 0 Å². The predicted octanol–water partition coefficient (Wildman–Crippen LogP) is 1.78. The number of quaternary nitrogens is 1. The molecule has 0 amide bonds. The molecule has 0 radical (unpaired) electrons. The predicted molar refractivity (Wildman–Crippen MR) is 86.8 cm³/mol. The molecule has 1 heterocycles. The van der Waals surface area contributed by atoms with Crippen molar-refractivity contribution in [1.82, 2.24) is 0 Å². The fraction of sp³-hybridized carbons (Fsp3) is 0.278. The van der Waals surface area contributed by atoms with Crippen molar-refractivity contribution in [3.8, 4) is 0 Å². The monoisotopic (exact) mass is 298 g/mol. The second kappa shape index (κ2) is 6.30. The minimum Gasteiger partial charge on any atom is -0.423 e. The van der Waals surface area contributed by atoms with E-state index < -0.39 is 0 Å². The van der Waals surface area contributed by atoms with E-state index in [-0.39, 0.29) is 18.3 Å². The summed E-state index contributed by atoms with van der Waals surface area (Å²) in [7, 11) is 0. The molecular weight excluding hydrogens is 278 g/mol. The van der Waals surface area contributed by atoms with Gasteiger partial charge in [0.05, 0.1) is 6.61 Å². The lowest BCUT2D eigenvalue weighted by Crippen LogP contribution is -2.89. The van der Waals surface area contributed by atoms with Crippen molar-refractivity contribution in [1.29, 1.82) is 0 Å². The van der Waals surface area contributed by atoms with E-state index in [2.05, 4.69) is 11.4 Å². The molecule has 0 saturated carbocycles. The number of aliphatic hydroxyl groups is 1. The molecule has 1 atom stereocenters. The van der Waals surface area contributed by atoms with Crippen LogP contribution in [0.3, 0.4) is 0 Å². The maximum Gasteiger partial charge on any atom is 0.336 e. The maximum absolute atomic E-state index is 11.8. The fourth-order valence-corrected chi connectivity index (χ4v) is 2.85. The van der Waals surface area contributed by atoms with E-state index in [0.717, 1.165) is 28.1 Å². The molecule has 3 N–H and O–H groups in total. The van der Waals surface area contributed by atoms with E-state index in [1.165, 1.54) is 0 Å². The van der Waals surface area contributed by atoms with Gasteiger partial charge in [-0.25, -0.2) is 4.79 Å². The Morgan fingerprint density at radius 3 is 2.82 bits per heavy atom. The van der Waals surface area contributed by atoms with Crippen molar-refractivity contribution in [2.75, 3.05) is 6.61 Å². The third-order valence-corrected chi connectivity index (χ3v) is 4.14. The van der Waals surface area contributed by atoms with Crippen molar-refractivity contribution in [3.63, 3.8) is 0 Å². The molecule has 0 fully saturated rings. The molecule has 0 aliphatic heterocycles. The van der Waals surface area contributed by atoms with Crippen LogP contribution in [0.1, 0.15) is 18.9 Å². The first kappa shape index (κ1) is 14.8. The number of aliphatic hydroxyl groups excluding tert-OH is 1. The topological polar surface area (TPSA) is 67.1 Å². The fourth-order valence-electron chi connectivity index (χ4n) is 2.85. The zero-order valence-electron chi connectivity index (χ0n) is 12.6. The molecule has 22 heavy (non-hydrogen) atoms. The Morgan fingerprint density at radius 2 is 2.05 bits per heavy atom. The zero-order chi connectivity index (χ0) is 15.5. The van der Waals surface area contributed by atoms with Gasteiger partial charge in [0.2, 0.25) is 0 Å². The van der Waals surface area contributed by atoms with Gasteiger partial charge < -0.3 is 14.8 Å². The van der Waals surface area contributed by atoms with Crippen LogP contribution in [-0.2, 0) is 6.54 Å². The third kappa shape index (κ3) is 2.75. The summed E-state index contributed by atoms with van der Waals surface area (Å²) in [4.78, 5) is 11.8. The maximum atomic E-state index is 11.8. The van der Waals surface area contributed by atoms with E-state index in [1.54, 1.807) is 6.07 Å². The summed E-state index contributed by atoms with van der Waals surface area (Å²) in [6, 6.07) is 13.6. The lowest BCUT2D eigenvalue weighted by Gasteiger charge is -2.12. The average Bonchev–Trinajstić information content (AvgIpc) is 2.55. The Hall–Kier alpha value is -2.17. The molecule has 0 unspecified atom stereocenters. The minimum absolute atomic E-state index is 0.136. The van der Waals surface area contributed by atoms with Gasteiger partial charge in [-0.3, -0.25) is 0 Å². The smallest absolute Gasteiger partial charge is 0.336 e. The number of nitrogens with two attached hydrogens (primary N) is 1. The summed E-state index contributed by atoms with van der Waals surface area (Å²) in [6.07, 6.45) is 0.886. The summed E-state index contributed by atoms with van der Waals surface area (Å²) < 4.78 is 5.35. The first-order valence-electron chi connectivity index (χ1n) is 7.61. The number of hydrogen-bond donors (Lipinski definition) is 2. The molecule has 0 aliphatic rings. The van der Waals surface area contributed by atoms with E-state index in [9.17, 15) is 9.90 Å². The highest BCUT2D eigenvalue weighted by molar-refractivity contribution is 6.06. The van der Waals surface area contributed by atoms with Gasteiger partial charge in [0, 0.05) is 17.0 Å². The quantitative estimate of drug-likeness (QED) is 0.557. The molecule has 4 heteroatoms. The molecule has 0 spiro atoms. The molecular formula is C18H20NO3+. The zero-order valence-corrected chi connectivity index (χ0v) is 12.6. The van der Waals surface area contributed by atoms with Crippen LogP contribution in [0.4, 0.5) is 0 Å². The van der Waals surface area contributed by atoms with Crippen molar-refractivity contribution < 1.29 is 14.8 Å². The van der Waals surface area contributed by atoms with Gasteiger partial charge in [-0.1, -0.05) is 37.3 Å². The molecule has 2 aromatic carbocycles. The van der Waals surface area contributed by atoms with Crippen LogP contribution in [0.5, 0.6) is 0 Å². The van der Waals surface area contributed by atoms with E-state index >= 15 is 0 Å². The Balaban J connectivity index is 2.15. The lowest BCUT2D eigenvalue weighted by atomic mass is 10.0. The van der Waals surface area contributed by atoms with E-state index in [1.807, 2.05) is 37.3 Å². The summed E-state index contributed by atoms with van der Waals surface area (Å²) >= 11 is 0. The summed E-state index contributed by atoms with van der Waals surface area (Å²) in [6.45, 7) is 2.83. The number of benzene rings is 2. The van der Waals surface area contributed by atoms with Gasteiger partial charge >= 0.3 is 5.63 Å². The average molecular weight is 298 g/mol. The van der Waals surface area contributed by atoms with Crippen LogP contribution in [0.15, 0.2) is 51.7 Å². The Morgan fingerprint density at radius 1 is 1.23 bits per heavy atom. The summed E-state index contributed by atoms with van der Waals surface area (Å²) in [5.41, 5.74) is 1.24. The largest absolute Gasteiger partial charge is 0.423 e. The standard InChI is InChI=1S/C18H19NO3/c1-2-14(11-20)19-10-13-9-17(21)22-16-8-7-12-5-3-4-6-15(12)18(13)16/h3-9,14,19-20H,2,10-11H2,1H3/p+1/t14-/m1/s1. The van der Waals surface area contributed by atoms with Crippen LogP contribution in [0.25, 0.3) is 21.7 Å². The first-order valence-corrected chi connectivity index (χ1v) is 7.61. The van der Waals surface area contributed by atoms with Crippen LogP contribution in [-0.4, -0.2) is 17.8 Å². The van der Waals surface area contributed by atoms with E-state index in [4.69, 9.17) is 4.42 Å². The van der Waals surface area contributed by atoms with Gasteiger partial charge in [0.25, 0.3) is 0 Å². The molecule has 3 rings (SSSR count). The van der Waals surface area contributed by atoms with Gasteiger partial charge in [-0.15, -0.1) is 0 Å². The highest BCUT2D eigenvalue weighted by atomic mass is 16.4. The normalized spacial score (nSPS) is 12.8. The van der Waals surface area contributed by atoms with Gasteiger partial charge in [-0.2, -0.15) is 0 Å². The van der Waals surface area contributed by atoms with Crippen LogP contribution < -0.4 is 10.9 Å². The molecule has 0 saturated heterocycles. The lowest BCUT2D eigenvalue weighted by molar-refractivity contribution is -0.706. The molecule has 0 bridgehead atoms. The van der Waals surface area contributed by atoms with Crippen molar-refractivity contribution >= 4 is 21.7 Å². The minimum atomic E-state index is -0.330. The molecule has 0 aliphatic carbocycles. The molecule has 3 aromatic rings. The number of rotatable bonds is 5. The van der Waals surface area contributed by atoms with Crippen molar-refractivity contribution in [2.45, 2.75) is 25.9 Å². The van der Waals surface area contributed by atoms with Crippen molar-refractivity contribution in [3.05, 3.63) is 58.4 Å².